The minimum atomic E-state index is -0.446. The summed E-state index contributed by atoms with van der Waals surface area (Å²) in [5, 5.41) is 10.8. The lowest BCUT2D eigenvalue weighted by Gasteiger charge is -2.26. The molecule has 0 bridgehead atoms. The van der Waals surface area contributed by atoms with Gasteiger partial charge in [0.25, 0.3) is 5.69 Å². The molecule has 0 aliphatic heterocycles. The number of anilines is 1. The minimum absolute atomic E-state index is 0.0123. The van der Waals surface area contributed by atoms with Crippen LogP contribution in [0.1, 0.15) is 18.5 Å². The Bertz CT molecular complexity index is 1120. The summed E-state index contributed by atoms with van der Waals surface area (Å²) in [6.07, 6.45) is 3.11. The first-order valence-corrected chi connectivity index (χ1v) is 8.90. The average molecular weight is 373 g/mol. The predicted molar refractivity (Wildman–Crippen MR) is 109 cm³/mol. The van der Waals surface area contributed by atoms with Crippen molar-refractivity contribution in [2.75, 3.05) is 11.9 Å². The van der Waals surface area contributed by atoms with E-state index in [0.717, 1.165) is 22.3 Å². The van der Waals surface area contributed by atoms with Gasteiger partial charge in [-0.15, -0.1) is 0 Å². The van der Waals surface area contributed by atoms with E-state index < -0.39 is 4.92 Å². The van der Waals surface area contributed by atoms with Crippen LogP contribution in [-0.4, -0.2) is 26.5 Å². The second-order valence-corrected chi connectivity index (χ2v) is 6.61. The Labute approximate surface area is 162 Å². The van der Waals surface area contributed by atoms with Crippen LogP contribution in [0.15, 0.2) is 73.2 Å². The van der Waals surface area contributed by atoms with E-state index in [0.29, 0.717) is 5.82 Å². The summed E-state index contributed by atoms with van der Waals surface area (Å²) in [4.78, 5) is 21.0. The zero-order valence-electron chi connectivity index (χ0n) is 15.6. The fourth-order valence-corrected chi connectivity index (χ4v) is 3.20. The molecule has 0 amide bonds. The van der Waals surface area contributed by atoms with Crippen molar-refractivity contribution in [1.82, 2.24) is 14.5 Å². The topological polar surface area (TPSA) is 77.1 Å². The molecule has 0 aliphatic rings. The maximum absolute atomic E-state index is 10.8. The van der Waals surface area contributed by atoms with Crippen molar-refractivity contribution in [3.05, 3.63) is 88.9 Å². The zero-order chi connectivity index (χ0) is 19.7. The molecule has 0 fully saturated rings. The summed E-state index contributed by atoms with van der Waals surface area (Å²) in [6.45, 7) is 2.07. The first-order chi connectivity index (χ1) is 13.5. The van der Waals surface area contributed by atoms with Crippen molar-refractivity contribution in [2.24, 2.45) is 0 Å². The maximum Gasteiger partial charge on any atom is 0.287 e. The molecule has 1 unspecified atom stereocenters. The average Bonchev–Trinajstić information content (AvgIpc) is 3.17. The van der Waals surface area contributed by atoms with E-state index in [-0.39, 0.29) is 11.7 Å². The van der Waals surface area contributed by atoms with E-state index in [4.69, 9.17) is 0 Å². The number of hydrogen-bond acceptors (Lipinski definition) is 5. The fourth-order valence-electron chi connectivity index (χ4n) is 3.20. The lowest BCUT2D eigenvalue weighted by atomic mass is 10.1. The molecule has 0 saturated heterocycles. The summed E-state index contributed by atoms with van der Waals surface area (Å²) in [6, 6.07) is 19.5. The van der Waals surface area contributed by atoms with Gasteiger partial charge < -0.3 is 4.90 Å². The summed E-state index contributed by atoms with van der Waals surface area (Å²) < 4.78 is 2.06. The third kappa shape index (κ3) is 3.18. The highest BCUT2D eigenvalue weighted by Gasteiger charge is 2.15. The fraction of sp³-hybridized carbons (Fsp3) is 0.143. The van der Waals surface area contributed by atoms with Crippen molar-refractivity contribution in [1.29, 1.82) is 0 Å². The largest absolute Gasteiger partial charge is 0.353 e. The summed E-state index contributed by atoms with van der Waals surface area (Å²) in [5.41, 5.74) is 4.18. The minimum Gasteiger partial charge on any atom is -0.353 e. The van der Waals surface area contributed by atoms with E-state index >= 15 is 0 Å². The van der Waals surface area contributed by atoms with Gasteiger partial charge in [0, 0.05) is 18.8 Å². The summed E-state index contributed by atoms with van der Waals surface area (Å²) >= 11 is 0. The summed E-state index contributed by atoms with van der Waals surface area (Å²) in [5.74, 6) is 0.683. The van der Waals surface area contributed by atoms with Gasteiger partial charge in [-0.2, -0.15) is 0 Å². The second kappa shape index (κ2) is 7.11. The van der Waals surface area contributed by atoms with Crippen molar-refractivity contribution < 1.29 is 4.92 Å². The lowest BCUT2D eigenvalue weighted by molar-refractivity contribution is -0.385. The van der Waals surface area contributed by atoms with Gasteiger partial charge >= 0.3 is 0 Å². The van der Waals surface area contributed by atoms with Crippen molar-refractivity contribution >= 4 is 22.5 Å². The van der Waals surface area contributed by atoms with E-state index in [1.165, 1.54) is 12.3 Å². The molecule has 4 aromatic rings. The molecule has 140 valence electrons. The Balaban J connectivity index is 1.56. The van der Waals surface area contributed by atoms with Crippen LogP contribution in [-0.2, 0) is 0 Å². The smallest absolute Gasteiger partial charge is 0.287 e. The van der Waals surface area contributed by atoms with E-state index in [9.17, 15) is 10.1 Å². The molecule has 7 nitrogen and oxygen atoms in total. The molecule has 1 atom stereocenters. The van der Waals surface area contributed by atoms with E-state index in [2.05, 4.69) is 45.7 Å². The zero-order valence-corrected chi connectivity index (χ0v) is 15.6. The molecule has 28 heavy (non-hydrogen) atoms. The van der Waals surface area contributed by atoms with Crippen LogP contribution in [0.3, 0.4) is 0 Å². The molecule has 0 radical (unpaired) electrons. The van der Waals surface area contributed by atoms with Crippen molar-refractivity contribution in [3.8, 4) is 5.69 Å². The maximum atomic E-state index is 10.8. The lowest BCUT2D eigenvalue weighted by Crippen LogP contribution is -2.22. The Hall–Kier alpha value is -3.74. The molecule has 0 saturated carbocycles. The molecular weight excluding hydrogens is 354 g/mol. The van der Waals surface area contributed by atoms with Gasteiger partial charge in [-0.1, -0.05) is 24.3 Å². The number of para-hydroxylation sites is 2. The van der Waals surface area contributed by atoms with E-state index in [1.807, 2.05) is 42.5 Å². The number of pyridine rings is 1. The van der Waals surface area contributed by atoms with Crippen LogP contribution in [0.4, 0.5) is 11.5 Å². The first kappa shape index (κ1) is 17.7. The molecule has 0 N–H and O–H groups in total. The third-order valence-electron chi connectivity index (χ3n) is 4.99. The van der Waals surface area contributed by atoms with Crippen LogP contribution in [0, 0.1) is 10.1 Å². The number of nitrogens with zero attached hydrogens (tertiary/aromatic N) is 5. The van der Waals surface area contributed by atoms with Gasteiger partial charge in [0.1, 0.15) is 18.3 Å². The molecule has 4 rings (SSSR count). The van der Waals surface area contributed by atoms with E-state index in [1.54, 1.807) is 6.07 Å². The Morgan fingerprint density at radius 3 is 2.46 bits per heavy atom. The van der Waals surface area contributed by atoms with Gasteiger partial charge in [-0.25, -0.2) is 9.97 Å². The first-order valence-electron chi connectivity index (χ1n) is 8.90. The van der Waals surface area contributed by atoms with Gasteiger partial charge in [0.05, 0.1) is 22.0 Å². The van der Waals surface area contributed by atoms with Gasteiger partial charge in [-0.3, -0.25) is 14.7 Å². The van der Waals surface area contributed by atoms with Crippen LogP contribution < -0.4 is 4.90 Å². The molecule has 0 aliphatic carbocycles. The monoisotopic (exact) mass is 373 g/mol. The van der Waals surface area contributed by atoms with Crippen LogP contribution >= 0.6 is 0 Å². The highest BCUT2D eigenvalue weighted by molar-refractivity contribution is 5.77. The number of fused-ring (bicyclic) bond motifs is 1. The SMILES string of the molecule is CC(c1ccc(-n2cnc3ccccc32)cc1)N(C)c1ccc([N+](=O)[O-])cn1. The number of rotatable bonds is 5. The normalized spacial score (nSPS) is 12.1. The second-order valence-electron chi connectivity index (χ2n) is 6.61. The number of imidazole rings is 1. The van der Waals surface area contributed by atoms with Gasteiger partial charge in [0.15, 0.2) is 0 Å². The Morgan fingerprint density at radius 2 is 1.79 bits per heavy atom. The highest BCUT2D eigenvalue weighted by atomic mass is 16.6. The molecular formula is C21H19N5O2. The molecule has 2 aromatic heterocycles. The molecule has 0 spiro atoms. The number of benzene rings is 2. The number of aromatic nitrogens is 3. The summed E-state index contributed by atoms with van der Waals surface area (Å²) in [7, 11) is 1.93. The Kier molecular flexibility index (Phi) is 4.49. The number of hydrogen-bond donors (Lipinski definition) is 0. The van der Waals surface area contributed by atoms with Crippen LogP contribution in [0.5, 0.6) is 0 Å². The third-order valence-corrected chi connectivity index (χ3v) is 4.99. The van der Waals surface area contributed by atoms with Gasteiger partial charge in [0.2, 0.25) is 0 Å². The molecule has 2 aromatic carbocycles. The van der Waals surface area contributed by atoms with Gasteiger partial charge in [-0.05, 0) is 42.8 Å². The highest BCUT2D eigenvalue weighted by Crippen LogP contribution is 2.26. The molecule has 7 heteroatoms. The molecule has 2 heterocycles. The quantitative estimate of drug-likeness (QED) is 0.379. The standard InChI is InChI=1S/C21H19N5O2/c1-15(24(2)21-12-11-18(13-22-21)26(27)28)16-7-9-17(10-8-16)25-14-23-19-5-3-4-6-20(19)25/h3-15H,1-2H3. The number of nitro groups is 1. The van der Waals surface area contributed by atoms with Crippen molar-refractivity contribution in [3.63, 3.8) is 0 Å². The van der Waals surface area contributed by atoms with Crippen LogP contribution in [0.25, 0.3) is 16.7 Å². The predicted octanol–water partition coefficient (Wildman–Crippen LogP) is 4.53. The van der Waals surface area contributed by atoms with Crippen LogP contribution in [0.2, 0.25) is 0 Å². The van der Waals surface area contributed by atoms with Crippen molar-refractivity contribution in [2.45, 2.75) is 13.0 Å². The Morgan fingerprint density at radius 1 is 1.04 bits per heavy atom.